The molecule has 0 saturated carbocycles. The number of nitrogens with one attached hydrogen (secondary N) is 1. The first-order chi connectivity index (χ1) is 13.0. The second-order valence-corrected chi connectivity index (χ2v) is 6.17. The minimum Gasteiger partial charge on any atom is -0.466 e. The normalized spacial score (nSPS) is 16.9. The van der Waals surface area contributed by atoms with Crippen molar-refractivity contribution >= 4 is 29.2 Å². The molecule has 2 amide bonds. The van der Waals surface area contributed by atoms with E-state index in [9.17, 15) is 14.4 Å². The molecule has 1 unspecified atom stereocenters. The summed E-state index contributed by atoms with van der Waals surface area (Å²) in [6, 6.07) is 17.9. The molecule has 6 heteroatoms. The summed E-state index contributed by atoms with van der Waals surface area (Å²) in [6.07, 6.45) is -0.116. The maximum atomic E-state index is 12.8. The molecule has 0 aliphatic carbocycles. The van der Waals surface area contributed by atoms with Crippen molar-refractivity contribution in [2.75, 3.05) is 17.3 Å². The lowest BCUT2D eigenvalue weighted by Crippen LogP contribution is -2.43. The van der Waals surface area contributed by atoms with Crippen LogP contribution in [0.15, 0.2) is 71.9 Å². The molecule has 0 saturated heterocycles. The summed E-state index contributed by atoms with van der Waals surface area (Å²) >= 11 is 0. The van der Waals surface area contributed by atoms with Crippen LogP contribution in [0.25, 0.3) is 0 Å². The van der Waals surface area contributed by atoms with E-state index < -0.39 is 17.8 Å². The van der Waals surface area contributed by atoms with Gasteiger partial charge in [0.05, 0.1) is 18.6 Å². The number of allylic oxidation sites excluding steroid dienone is 1. The van der Waals surface area contributed by atoms with Crippen molar-refractivity contribution in [1.82, 2.24) is 0 Å². The van der Waals surface area contributed by atoms with Gasteiger partial charge in [-0.2, -0.15) is 0 Å². The lowest BCUT2D eigenvalue weighted by molar-refractivity contribution is -0.138. The Morgan fingerprint density at radius 1 is 1.04 bits per heavy atom. The summed E-state index contributed by atoms with van der Waals surface area (Å²) in [5.74, 6) is -2.19. The molecule has 1 aliphatic heterocycles. The zero-order chi connectivity index (χ0) is 19.4. The summed E-state index contributed by atoms with van der Waals surface area (Å²) in [6.45, 7) is 1.65. The molecule has 0 aromatic heterocycles. The van der Waals surface area contributed by atoms with Gasteiger partial charge in [0.25, 0.3) is 0 Å². The van der Waals surface area contributed by atoms with E-state index >= 15 is 0 Å². The van der Waals surface area contributed by atoms with Crippen molar-refractivity contribution in [2.45, 2.75) is 13.3 Å². The van der Waals surface area contributed by atoms with E-state index in [1.807, 2.05) is 24.3 Å². The molecule has 0 radical (unpaired) electrons. The van der Waals surface area contributed by atoms with Crippen molar-refractivity contribution in [3.05, 3.63) is 71.9 Å². The summed E-state index contributed by atoms with van der Waals surface area (Å²) in [5, 5.41) is 2.76. The fraction of sp³-hybridized carbons (Fsp3) is 0.190. The molecule has 1 N–H and O–H groups in total. The van der Waals surface area contributed by atoms with Crippen LogP contribution < -0.4 is 10.2 Å². The number of para-hydroxylation sites is 2. The number of rotatable bonds is 4. The van der Waals surface area contributed by atoms with E-state index in [4.69, 9.17) is 4.74 Å². The number of anilines is 2. The van der Waals surface area contributed by atoms with Gasteiger partial charge in [0.2, 0.25) is 11.8 Å². The van der Waals surface area contributed by atoms with E-state index in [1.54, 1.807) is 43.3 Å². The largest absolute Gasteiger partial charge is 0.466 e. The van der Waals surface area contributed by atoms with E-state index in [0.717, 1.165) is 0 Å². The lowest BCUT2D eigenvalue weighted by Gasteiger charge is -2.33. The highest BCUT2D eigenvalue weighted by Gasteiger charge is 2.40. The topological polar surface area (TPSA) is 75.7 Å². The van der Waals surface area contributed by atoms with Gasteiger partial charge >= 0.3 is 5.97 Å². The maximum absolute atomic E-state index is 12.8. The summed E-state index contributed by atoms with van der Waals surface area (Å²) in [7, 11) is 1.26. The average Bonchev–Trinajstić information content (AvgIpc) is 2.68. The lowest BCUT2D eigenvalue weighted by atomic mass is 9.88. The number of methoxy groups -OCH3 is 1. The van der Waals surface area contributed by atoms with Gasteiger partial charge in [0, 0.05) is 23.5 Å². The van der Waals surface area contributed by atoms with Gasteiger partial charge in [-0.15, -0.1) is 0 Å². The second kappa shape index (κ2) is 7.86. The average molecular weight is 364 g/mol. The molecule has 1 heterocycles. The number of amides is 2. The molecule has 0 fully saturated rings. The van der Waals surface area contributed by atoms with Crippen LogP contribution in [0.5, 0.6) is 0 Å². The van der Waals surface area contributed by atoms with Crippen LogP contribution >= 0.6 is 0 Å². The number of hydrogen-bond donors (Lipinski definition) is 1. The zero-order valence-corrected chi connectivity index (χ0v) is 15.1. The van der Waals surface area contributed by atoms with Gasteiger partial charge in [-0.25, -0.2) is 4.79 Å². The van der Waals surface area contributed by atoms with Crippen molar-refractivity contribution in [2.24, 2.45) is 5.92 Å². The van der Waals surface area contributed by atoms with Gasteiger partial charge in [-0.1, -0.05) is 36.4 Å². The second-order valence-electron chi connectivity index (χ2n) is 6.17. The van der Waals surface area contributed by atoms with E-state index in [0.29, 0.717) is 17.1 Å². The van der Waals surface area contributed by atoms with E-state index in [2.05, 4.69) is 5.32 Å². The molecular weight excluding hydrogens is 344 g/mol. The Bertz CT molecular complexity index is 891. The number of carbonyl (C=O) groups excluding carboxylic acids is 3. The molecule has 27 heavy (non-hydrogen) atoms. The molecular formula is C21H20N2O4. The van der Waals surface area contributed by atoms with Crippen molar-refractivity contribution in [3.63, 3.8) is 0 Å². The number of benzene rings is 2. The predicted octanol–water partition coefficient (Wildman–Crippen LogP) is 3.13. The molecule has 3 rings (SSSR count). The van der Waals surface area contributed by atoms with Crippen molar-refractivity contribution in [3.8, 4) is 0 Å². The van der Waals surface area contributed by atoms with Crippen LogP contribution in [-0.2, 0) is 19.1 Å². The standard InChI is InChI=1S/C21H20N2O4/c1-14-19(21(26)27-2)17(20(25)22-15-9-5-3-6-10-15)13-18(24)23(14)16-11-7-4-8-12-16/h3-12,17H,13H2,1-2H3,(H,22,25). The molecule has 0 spiro atoms. The first-order valence-electron chi connectivity index (χ1n) is 8.56. The fourth-order valence-electron chi connectivity index (χ4n) is 3.22. The van der Waals surface area contributed by atoms with E-state index in [1.165, 1.54) is 12.0 Å². The first kappa shape index (κ1) is 18.4. The smallest absolute Gasteiger partial charge is 0.336 e. The molecule has 2 aromatic rings. The van der Waals surface area contributed by atoms with Crippen LogP contribution in [0.4, 0.5) is 11.4 Å². The molecule has 138 valence electrons. The highest BCUT2D eigenvalue weighted by Crippen LogP contribution is 2.34. The number of ether oxygens (including phenoxy) is 1. The Hall–Kier alpha value is -3.41. The Labute approximate surface area is 157 Å². The number of esters is 1. The number of hydrogen-bond acceptors (Lipinski definition) is 4. The highest BCUT2D eigenvalue weighted by molar-refractivity contribution is 6.10. The number of nitrogens with zero attached hydrogens (tertiary/aromatic N) is 1. The molecule has 6 nitrogen and oxygen atoms in total. The summed E-state index contributed by atoms with van der Waals surface area (Å²) in [5.41, 5.74) is 1.83. The van der Waals surface area contributed by atoms with Gasteiger partial charge in [0.1, 0.15) is 0 Å². The SMILES string of the molecule is COC(=O)C1=C(C)N(c2ccccc2)C(=O)CC1C(=O)Nc1ccccc1. The zero-order valence-electron chi connectivity index (χ0n) is 15.1. The molecule has 1 atom stereocenters. The number of carbonyl (C=O) groups is 3. The van der Waals surface area contributed by atoms with Crippen LogP contribution in [0, 0.1) is 5.92 Å². The van der Waals surface area contributed by atoms with Gasteiger partial charge in [-0.3, -0.25) is 14.5 Å². The maximum Gasteiger partial charge on any atom is 0.336 e. The monoisotopic (exact) mass is 364 g/mol. The highest BCUT2D eigenvalue weighted by atomic mass is 16.5. The Kier molecular flexibility index (Phi) is 5.35. The minimum atomic E-state index is -0.912. The predicted molar refractivity (Wildman–Crippen MR) is 102 cm³/mol. The summed E-state index contributed by atoms with van der Waals surface area (Å²) in [4.78, 5) is 39.5. The van der Waals surface area contributed by atoms with Crippen molar-refractivity contribution in [1.29, 1.82) is 0 Å². The molecule has 2 aromatic carbocycles. The third-order valence-electron chi connectivity index (χ3n) is 4.48. The van der Waals surface area contributed by atoms with E-state index in [-0.39, 0.29) is 17.9 Å². The fourth-order valence-corrected chi connectivity index (χ4v) is 3.22. The quantitative estimate of drug-likeness (QED) is 0.846. The van der Waals surface area contributed by atoms with Gasteiger partial charge in [-0.05, 0) is 31.2 Å². The van der Waals surface area contributed by atoms with Crippen LogP contribution in [0.1, 0.15) is 13.3 Å². The molecule has 1 aliphatic rings. The molecule has 0 bridgehead atoms. The third kappa shape index (κ3) is 3.74. The van der Waals surface area contributed by atoms with Crippen LogP contribution in [0.3, 0.4) is 0 Å². The van der Waals surface area contributed by atoms with Crippen LogP contribution in [0.2, 0.25) is 0 Å². The minimum absolute atomic E-state index is 0.116. The Balaban J connectivity index is 1.99. The van der Waals surface area contributed by atoms with Crippen LogP contribution in [-0.4, -0.2) is 24.9 Å². The van der Waals surface area contributed by atoms with Gasteiger partial charge < -0.3 is 10.1 Å². The first-order valence-corrected chi connectivity index (χ1v) is 8.56. The van der Waals surface area contributed by atoms with Gasteiger partial charge in [0.15, 0.2) is 0 Å². The summed E-state index contributed by atoms with van der Waals surface area (Å²) < 4.78 is 4.90. The Morgan fingerprint density at radius 2 is 1.63 bits per heavy atom. The Morgan fingerprint density at radius 3 is 2.22 bits per heavy atom. The third-order valence-corrected chi connectivity index (χ3v) is 4.48. The van der Waals surface area contributed by atoms with Crippen molar-refractivity contribution < 1.29 is 19.1 Å².